The number of hydroxylamine groups is 2. The van der Waals surface area contributed by atoms with E-state index < -0.39 is 12.1 Å². The van der Waals surface area contributed by atoms with Gasteiger partial charge in [0.05, 0.1) is 0 Å². The first-order valence-electron chi connectivity index (χ1n) is 5.02. The van der Waals surface area contributed by atoms with Crippen LogP contribution in [-0.4, -0.2) is 53.9 Å². The molecule has 1 N–H and O–H groups in total. The summed E-state index contributed by atoms with van der Waals surface area (Å²) in [6.45, 7) is 2.69. The van der Waals surface area contributed by atoms with E-state index in [-0.39, 0.29) is 5.25 Å². The number of rotatable bonds is 4. The molecule has 9 heteroatoms. The summed E-state index contributed by atoms with van der Waals surface area (Å²) in [5.41, 5.74) is 0. The Balaban J connectivity index is 1.57. The fourth-order valence-electron chi connectivity index (χ4n) is 1.19. The monoisotopic (exact) mass is 288 g/mol. The van der Waals surface area contributed by atoms with Crippen molar-refractivity contribution in [1.82, 2.24) is 10.4 Å². The first kappa shape index (κ1) is 13.3. The highest BCUT2D eigenvalue weighted by Gasteiger charge is 2.44. The number of hydrogen-bond acceptors (Lipinski definition) is 6. The van der Waals surface area contributed by atoms with Crippen LogP contribution in [0, 0.1) is 0 Å². The van der Waals surface area contributed by atoms with Crippen molar-refractivity contribution in [3.8, 4) is 0 Å². The summed E-state index contributed by atoms with van der Waals surface area (Å²) < 4.78 is 35.6. The summed E-state index contributed by atoms with van der Waals surface area (Å²) in [6.07, 6.45) is -4.91. The largest absolute Gasteiger partial charge is 0.492 e. The average Bonchev–Trinajstić information content (AvgIpc) is 2.08. The molecule has 0 spiro atoms. The maximum atomic E-state index is 11.9. The Hall–Kier alpha value is -0.120. The number of nitrogens with zero attached hydrogens (tertiary/aromatic N) is 1. The van der Waals surface area contributed by atoms with Crippen molar-refractivity contribution >= 4 is 27.6 Å². The van der Waals surface area contributed by atoms with Gasteiger partial charge in [0.1, 0.15) is 0 Å². The molecular weight excluding hydrogens is 277 g/mol. The lowest BCUT2D eigenvalue weighted by atomic mass is 10.3. The molecular formula is C8H11F3N2O2S2. The van der Waals surface area contributed by atoms with E-state index in [0.29, 0.717) is 18.3 Å². The zero-order chi connectivity index (χ0) is 12.5. The van der Waals surface area contributed by atoms with E-state index in [4.69, 9.17) is 0 Å². The Morgan fingerprint density at radius 2 is 1.82 bits per heavy atom. The van der Waals surface area contributed by atoms with Crippen LogP contribution in [0.5, 0.6) is 0 Å². The smallest absolute Gasteiger partial charge is 0.361 e. The number of hydrogen-bond donors (Lipinski definition) is 1. The van der Waals surface area contributed by atoms with Crippen LogP contribution in [0.3, 0.4) is 0 Å². The molecule has 2 rings (SSSR count). The molecule has 0 saturated carbocycles. The van der Waals surface area contributed by atoms with E-state index >= 15 is 0 Å². The molecule has 4 nitrogen and oxygen atoms in total. The molecule has 2 saturated heterocycles. The molecule has 2 aliphatic heterocycles. The van der Waals surface area contributed by atoms with Gasteiger partial charge in [0.25, 0.3) is 0 Å². The zero-order valence-corrected chi connectivity index (χ0v) is 10.3. The van der Waals surface area contributed by atoms with E-state index in [1.165, 1.54) is 0 Å². The number of alkyl halides is 3. The van der Waals surface area contributed by atoms with Crippen LogP contribution in [0.15, 0.2) is 0 Å². The fraction of sp³-hybridized carbons (Fsp3) is 0.875. The van der Waals surface area contributed by atoms with Crippen molar-refractivity contribution in [3.63, 3.8) is 0 Å². The van der Waals surface area contributed by atoms with Crippen molar-refractivity contribution in [2.45, 2.75) is 16.7 Å². The van der Waals surface area contributed by atoms with Gasteiger partial charge >= 0.3 is 12.1 Å². The summed E-state index contributed by atoms with van der Waals surface area (Å²) in [5, 5.41) is 5.01. The maximum absolute atomic E-state index is 11.9. The lowest BCUT2D eigenvalue weighted by Gasteiger charge is -2.37. The minimum atomic E-state index is -4.91. The van der Waals surface area contributed by atoms with Crippen LogP contribution in [0.2, 0.25) is 0 Å². The third-order valence-electron chi connectivity index (χ3n) is 2.33. The molecule has 17 heavy (non-hydrogen) atoms. The van der Waals surface area contributed by atoms with Crippen LogP contribution < -0.4 is 5.32 Å². The fourth-order valence-corrected chi connectivity index (χ4v) is 4.05. The minimum absolute atomic E-state index is 0.238. The molecule has 2 aliphatic rings. The Labute approximate surface area is 104 Å². The van der Waals surface area contributed by atoms with E-state index in [9.17, 15) is 18.0 Å². The molecule has 0 bridgehead atoms. The second kappa shape index (κ2) is 5.25. The Bertz CT molecular complexity index is 293. The number of carbonyl (C=O) groups excluding carboxylic acids is 1. The van der Waals surface area contributed by atoms with Gasteiger partial charge in [-0.2, -0.15) is 13.2 Å². The Kier molecular flexibility index (Phi) is 4.11. The van der Waals surface area contributed by atoms with E-state index in [2.05, 4.69) is 10.2 Å². The van der Waals surface area contributed by atoms with Gasteiger partial charge in [-0.25, -0.2) is 4.79 Å². The van der Waals surface area contributed by atoms with Gasteiger partial charge in [-0.05, 0) is 0 Å². The standard InChI is InChI=1S/C8H11F3N2O2S2/c9-8(10,11)7(14)15-13-3-6(4-13)17-16-5-1-12-2-5/h5-6,12H,1-4H2. The van der Waals surface area contributed by atoms with Crippen LogP contribution in [0.1, 0.15) is 0 Å². The van der Waals surface area contributed by atoms with Crippen molar-refractivity contribution in [3.05, 3.63) is 0 Å². The van der Waals surface area contributed by atoms with E-state index in [1.807, 2.05) is 0 Å². The van der Waals surface area contributed by atoms with Crippen molar-refractivity contribution in [2.24, 2.45) is 0 Å². The molecule has 0 aliphatic carbocycles. The summed E-state index contributed by atoms with van der Waals surface area (Å²) in [7, 11) is 3.39. The predicted molar refractivity (Wildman–Crippen MR) is 59.3 cm³/mol. The lowest BCUT2D eigenvalue weighted by Crippen LogP contribution is -2.51. The molecule has 0 aromatic carbocycles. The van der Waals surface area contributed by atoms with Gasteiger partial charge in [-0.15, -0.1) is 5.06 Å². The molecule has 0 radical (unpaired) electrons. The molecule has 98 valence electrons. The molecule has 0 unspecified atom stereocenters. The van der Waals surface area contributed by atoms with Gasteiger partial charge in [0, 0.05) is 36.7 Å². The summed E-state index contributed by atoms with van der Waals surface area (Å²) >= 11 is 0. The van der Waals surface area contributed by atoms with Gasteiger partial charge in [0.2, 0.25) is 0 Å². The third kappa shape index (κ3) is 3.67. The average molecular weight is 288 g/mol. The molecule has 2 heterocycles. The highest BCUT2D eigenvalue weighted by Crippen LogP contribution is 2.37. The lowest BCUT2D eigenvalue weighted by molar-refractivity contribution is -0.248. The highest BCUT2D eigenvalue weighted by molar-refractivity contribution is 8.77. The second-order valence-corrected chi connectivity index (χ2v) is 6.69. The number of nitrogens with one attached hydrogen (secondary N) is 1. The predicted octanol–water partition coefficient (Wildman–Crippen LogP) is 1.04. The Morgan fingerprint density at radius 3 is 2.29 bits per heavy atom. The molecule has 0 amide bonds. The van der Waals surface area contributed by atoms with Gasteiger partial charge < -0.3 is 10.2 Å². The van der Waals surface area contributed by atoms with Crippen molar-refractivity contribution in [2.75, 3.05) is 26.2 Å². The number of carbonyl (C=O) groups is 1. The van der Waals surface area contributed by atoms with Gasteiger partial charge in [-0.3, -0.25) is 0 Å². The SMILES string of the molecule is O=C(ON1CC(SSC2CNC2)C1)C(F)(F)F. The van der Waals surface area contributed by atoms with Crippen LogP contribution in [0.4, 0.5) is 13.2 Å². The van der Waals surface area contributed by atoms with E-state index in [0.717, 1.165) is 18.2 Å². The zero-order valence-electron chi connectivity index (χ0n) is 8.70. The molecule has 0 atom stereocenters. The number of halogens is 3. The molecule has 0 aromatic rings. The molecule has 2 fully saturated rings. The Morgan fingerprint density at radius 1 is 1.24 bits per heavy atom. The van der Waals surface area contributed by atoms with Crippen LogP contribution in [0.25, 0.3) is 0 Å². The minimum Gasteiger partial charge on any atom is -0.361 e. The second-order valence-electron chi connectivity index (χ2n) is 3.82. The summed E-state index contributed by atoms with van der Waals surface area (Å²) in [4.78, 5) is 14.6. The quantitative estimate of drug-likeness (QED) is 0.780. The maximum Gasteiger partial charge on any atom is 0.492 e. The van der Waals surface area contributed by atoms with Crippen molar-refractivity contribution in [1.29, 1.82) is 0 Å². The normalized spacial score (nSPS) is 23.0. The third-order valence-corrected chi connectivity index (χ3v) is 5.58. The van der Waals surface area contributed by atoms with Gasteiger partial charge in [-0.1, -0.05) is 21.6 Å². The topological polar surface area (TPSA) is 41.6 Å². The van der Waals surface area contributed by atoms with Crippen LogP contribution in [-0.2, 0) is 9.63 Å². The van der Waals surface area contributed by atoms with Crippen molar-refractivity contribution < 1.29 is 22.8 Å². The highest BCUT2D eigenvalue weighted by atomic mass is 33.1. The van der Waals surface area contributed by atoms with Crippen LogP contribution >= 0.6 is 21.6 Å². The first-order chi connectivity index (χ1) is 7.95. The summed E-state index contributed by atoms with van der Waals surface area (Å²) in [6, 6.07) is 0. The molecule has 0 aromatic heterocycles. The summed E-state index contributed by atoms with van der Waals surface area (Å²) in [5.74, 6) is -2.14. The van der Waals surface area contributed by atoms with E-state index in [1.54, 1.807) is 21.6 Å². The van der Waals surface area contributed by atoms with Gasteiger partial charge in [0.15, 0.2) is 0 Å². The first-order valence-corrected chi connectivity index (χ1v) is 7.29.